The van der Waals surface area contributed by atoms with Crippen molar-refractivity contribution >= 4 is 11.6 Å². The second-order valence-corrected chi connectivity index (χ2v) is 4.07. The van der Waals surface area contributed by atoms with Gasteiger partial charge in [0.2, 0.25) is 5.91 Å². The smallest absolute Gasteiger partial charge is 0.219 e. The first-order valence-electron chi connectivity index (χ1n) is 5.48. The van der Waals surface area contributed by atoms with E-state index in [1.54, 1.807) is 0 Å². The number of amides is 1. The summed E-state index contributed by atoms with van der Waals surface area (Å²) >= 11 is 0. The second-order valence-electron chi connectivity index (χ2n) is 4.07. The van der Waals surface area contributed by atoms with Crippen LogP contribution in [0.5, 0.6) is 0 Å². The molecule has 4 heteroatoms. The van der Waals surface area contributed by atoms with Gasteiger partial charge >= 0.3 is 0 Å². The van der Waals surface area contributed by atoms with Crippen LogP contribution in [0.15, 0.2) is 24.3 Å². The van der Waals surface area contributed by atoms with Gasteiger partial charge in [0.15, 0.2) is 0 Å². The zero-order chi connectivity index (χ0) is 11.5. The molecule has 0 fully saturated rings. The monoisotopic (exact) mass is 220 g/mol. The number of rotatable bonds is 3. The molecule has 0 aromatic heterocycles. The summed E-state index contributed by atoms with van der Waals surface area (Å²) in [5.41, 5.74) is 7.10. The molecule has 1 amide bonds. The highest BCUT2D eigenvalue weighted by atomic mass is 16.3. The molecular formula is C12H16N2O2. The number of nitrogens with two attached hydrogens (primary N) is 1. The Morgan fingerprint density at radius 1 is 1.50 bits per heavy atom. The molecule has 1 atom stereocenters. The molecule has 1 aliphatic rings. The number of hydrogen-bond donors (Lipinski definition) is 2. The van der Waals surface area contributed by atoms with Crippen LogP contribution in [0.4, 0.5) is 5.69 Å². The Hall–Kier alpha value is -1.55. The number of primary amides is 1. The van der Waals surface area contributed by atoms with Gasteiger partial charge in [-0.25, -0.2) is 0 Å². The highest BCUT2D eigenvalue weighted by Gasteiger charge is 2.22. The van der Waals surface area contributed by atoms with E-state index >= 15 is 0 Å². The average molecular weight is 220 g/mol. The topological polar surface area (TPSA) is 66.6 Å². The largest absolute Gasteiger partial charge is 0.388 e. The third-order valence-corrected chi connectivity index (χ3v) is 2.94. The van der Waals surface area contributed by atoms with Gasteiger partial charge in [0.25, 0.3) is 0 Å². The van der Waals surface area contributed by atoms with E-state index in [0.29, 0.717) is 19.4 Å². The van der Waals surface area contributed by atoms with Crippen molar-refractivity contribution in [3.63, 3.8) is 0 Å². The Morgan fingerprint density at radius 3 is 3.00 bits per heavy atom. The van der Waals surface area contributed by atoms with Gasteiger partial charge in [-0.3, -0.25) is 4.79 Å². The summed E-state index contributed by atoms with van der Waals surface area (Å²) in [6.07, 6.45) is 0.668. The molecule has 0 radical (unpaired) electrons. The lowest BCUT2D eigenvalue weighted by Gasteiger charge is -2.33. The van der Waals surface area contributed by atoms with Crippen LogP contribution in [0.1, 0.15) is 24.5 Å². The SMILES string of the molecule is NC(=O)CCN1CCC(O)c2ccccc21. The fraction of sp³-hybridized carbons (Fsp3) is 0.417. The van der Waals surface area contributed by atoms with E-state index in [1.807, 2.05) is 24.3 Å². The highest BCUT2D eigenvalue weighted by Crippen LogP contribution is 2.33. The first-order valence-corrected chi connectivity index (χ1v) is 5.48. The van der Waals surface area contributed by atoms with Crippen LogP contribution in [0, 0.1) is 0 Å². The first-order chi connectivity index (χ1) is 7.68. The number of fused-ring (bicyclic) bond motifs is 1. The minimum Gasteiger partial charge on any atom is -0.388 e. The van der Waals surface area contributed by atoms with Crippen molar-refractivity contribution in [3.8, 4) is 0 Å². The fourth-order valence-electron chi connectivity index (χ4n) is 2.09. The molecule has 1 aliphatic heterocycles. The number of benzene rings is 1. The van der Waals surface area contributed by atoms with Crippen LogP contribution in [0.25, 0.3) is 0 Å². The van der Waals surface area contributed by atoms with E-state index in [0.717, 1.165) is 17.8 Å². The standard InChI is InChI=1S/C12H16N2O2/c13-12(16)6-8-14-7-5-11(15)9-3-1-2-4-10(9)14/h1-4,11,15H,5-8H2,(H2,13,16). The summed E-state index contributed by atoms with van der Waals surface area (Å²) in [5, 5.41) is 9.84. The molecule has 1 heterocycles. The summed E-state index contributed by atoms with van der Waals surface area (Å²) in [4.78, 5) is 12.9. The molecule has 16 heavy (non-hydrogen) atoms. The minimum absolute atomic E-state index is 0.288. The Balaban J connectivity index is 2.18. The van der Waals surface area contributed by atoms with Crippen LogP contribution in [-0.4, -0.2) is 24.1 Å². The zero-order valence-corrected chi connectivity index (χ0v) is 9.10. The van der Waals surface area contributed by atoms with Gasteiger partial charge in [-0.05, 0) is 12.5 Å². The summed E-state index contributed by atoms with van der Waals surface area (Å²) in [6.45, 7) is 1.39. The van der Waals surface area contributed by atoms with Crippen LogP contribution >= 0.6 is 0 Å². The third-order valence-electron chi connectivity index (χ3n) is 2.94. The van der Waals surface area contributed by atoms with E-state index in [9.17, 15) is 9.90 Å². The molecule has 0 saturated carbocycles. The molecule has 0 saturated heterocycles. The number of nitrogens with zero attached hydrogens (tertiary/aromatic N) is 1. The zero-order valence-electron chi connectivity index (χ0n) is 9.10. The maximum absolute atomic E-state index is 10.8. The Morgan fingerprint density at radius 2 is 2.25 bits per heavy atom. The van der Waals surface area contributed by atoms with E-state index in [4.69, 9.17) is 5.73 Å². The number of hydrogen-bond acceptors (Lipinski definition) is 3. The van der Waals surface area contributed by atoms with Crippen molar-refractivity contribution in [2.45, 2.75) is 18.9 Å². The highest BCUT2D eigenvalue weighted by molar-refractivity contribution is 5.74. The van der Waals surface area contributed by atoms with Crippen LogP contribution < -0.4 is 10.6 Å². The van der Waals surface area contributed by atoms with Gasteiger partial charge in [0.05, 0.1) is 6.10 Å². The second kappa shape index (κ2) is 4.53. The third kappa shape index (κ3) is 2.17. The molecule has 0 spiro atoms. The van der Waals surface area contributed by atoms with Crippen LogP contribution in [-0.2, 0) is 4.79 Å². The van der Waals surface area contributed by atoms with Crippen LogP contribution in [0.3, 0.4) is 0 Å². The molecule has 86 valence electrons. The van der Waals surface area contributed by atoms with Crippen molar-refractivity contribution in [2.75, 3.05) is 18.0 Å². The number of carbonyl (C=O) groups is 1. The van der Waals surface area contributed by atoms with Gasteiger partial charge < -0.3 is 15.7 Å². The van der Waals surface area contributed by atoms with E-state index in [1.165, 1.54) is 0 Å². The molecule has 0 aliphatic carbocycles. The average Bonchev–Trinajstić information content (AvgIpc) is 2.28. The Kier molecular flexibility index (Phi) is 3.10. The summed E-state index contributed by atoms with van der Waals surface area (Å²) in [5.74, 6) is -0.288. The summed E-state index contributed by atoms with van der Waals surface area (Å²) < 4.78 is 0. The number of aliphatic hydroxyl groups excluding tert-OH is 1. The number of aliphatic hydroxyl groups is 1. The summed E-state index contributed by atoms with van der Waals surface area (Å²) in [7, 11) is 0. The number of carbonyl (C=O) groups excluding carboxylic acids is 1. The molecule has 4 nitrogen and oxygen atoms in total. The molecule has 1 aromatic rings. The fourth-order valence-corrected chi connectivity index (χ4v) is 2.09. The van der Waals surface area contributed by atoms with Crippen molar-refractivity contribution < 1.29 is 9.90 Å². The maximum atomic E-state index is 10.8. The van der Waals surface area contributed by atoms with Crippen LogP contribution in [0.2, 0.25) is 0 Å². The summed E-state index contributed by atoms with van der Waals surface area (Å²) in [6, 6.07) is 7.75. The quantitative estimate of drug-likeness (QED) is 0.792. The number of para-hydroxylation sites is 1. The number of anilines is 1. The van der Waals surface area contributed by atoms with Crippen molar-refractivity contribution in [2.24, 2.45) is 5.73 Å². The van der Waals surface area contributed by atoms with Gasteiger partial charge in [-0.1, -0.05) is 18.2 Å². The predicted octanol–water partition coefficient (Wildman–Crippen LogP) is 0.805. The molecule has 1 unspecified atom stereocenters. The normalized spacial score (nSPS) is 19.3. The lowest BCUT2D eigenvalue weighted by molar-refractivity contribution is -0.117. The van der Waals surface area contributed by atoms with E-state index in [2.05, 4.69) is 4.90 Å². The molecular weight excluding hydrogens is 204 g/mol. The van der Waals surface area contributed by atoms with Crippen molar-refractivity contribution in [1.82, 2.24) is 0 Å². The van der Waals surface area contributed by atoms with Crippen molar-refractivity contribution in [3.05, 3.63) is 29.8 Å². The maximum Gasteiger partial charge on any atom is 0.219 e. The van der Waals surface area contributed by atoms with Gasteiger partial charge in [0, 0.05) is 30.8 Å². The van der Waals surface area contributed by atoms with Gasteiger partial charge in [-0.2, -0.15) is 0 Å². The Bertz CT molecular complexity index is 392. The molecule has 3 N–H and O–H groups in total. The molecule has 0 bridgehead atoms. The van der Waals surface area contributed by atoms with Crippen molar-refractivity contribution in [1.29, 1.82) is 0 Å². The lowest BCUT2D eigenvalue weighted by atomic mass is 9.99. The lowest BCUT2D eigenvalue weighted by Crippen LogP contribution is -2.33. The molecule has 2 rings (SSSR count). The van der Waals surface area contributed by atoms with Gasteiger partial charge in [0.1, 0.15) is 0 Å². The van der Waals surface area contributed by atoms with Gasteiger partial charge in [-0.15, -0.1) is 0 Å². The Labute approximate surface area is 94.7 Å². The molecule has 1 aromatic carbocycles. The minimum atomic E-state index is -0.388. The van der Waals surface area contributed by atoms with E-state index < -0.39 is 0 Å². The predicted molar refractivity (Wildman–Crippen MR) is 62.0 cm³/mol. The van der Waals surface area contributed by atoms with E-state index in [-0.39, 0.29) is 12.0 Å². The first kappa shape index (κ1) is 11.0.